The molecule has 0 aliphatic rings. The van der Waals surface area contributed by atoms with E-state index in [1.165, 1.54) is 205 Å². The van der Waals surface area contributed by atoms with Crippen LogP contribution < -0.4 is 0 Å². The minimum Gasteiger partial charge on any atom is -0.462 e. The summed E-state index contributed by atoms with van der Waals surface area (Å²) in [5.74, 6) is -0.855. The average Bonchev–Trinajstić information content (AvgIpc) is 3.30. The SMILES string of the molecule is CCCCC/C=C\C/C=C\CCCCCCCCCC(=O)OC[C@H](COC(=O)CCCCCCCCCCCCCCC)OC(=O)CCCCCCCCCCCCCCCCCCC. The highest BCUT2D eigenvalue weighted by Gasteiger charge is 2.19. The fourth-order valence-electron chi connectivity index (χ4n) is 8.59. The molecule has 0 heterocycles. The van der Waals surface area contributed by atoms with Crippen molar-refractivity contribution in [3.05, 3.63) is 24.3 Å². The molecule has 6 nitrogen and oxygen atoms in total. The number of carbonyl (C=O) groups is 3. The number of allylic oxidation sites excluding steroid dienone is 4. The first-order chi connectivity index (χ1) is 32.0. The zero-order chi connectivity index (χ0) is 47.2. The summed E-state index contributed by atoms with van der Waals surface area (Å²) >= 11 is 0. The molecule has 0 spiro atoms. The van der Waals surface area contributed by atoms with Crippen LogP contribution in [0.3, 0.4) is 0 Å². The molecule has 65 heavy (non-hydrogen) atoms. The lowest BCUT2D eigenvalue weighted by atomic mass is 10.0. The second-order valence-electron chi connectivity index (χ2n) is 19.6. The van der Waals surface area contributed by atoms with E-state index in [0.717, 1.165) is 70.6 Å². The van der Waals surface area contributed by atoms with Crippen LogP contribution in [0.25, 0.3) is 0 Å². The normalized spacial score (nSPS) is 12.1. The fourth-order valence-corrected chi connectivity index (χ4v) is 8.59. The number of esters is 3. The van der Waals surface area contributed by atoms with Gasteiger partial charge in [-0.05, 0) is 51.4 Å². The molecule has 0 radical (unpaired) electrons. The number of hydrogen-bond acceptors (Lipinski definition) is 6. The number of unbranched alkanes of at least 4 members (excludes halogenated alkanes) is 38. The molecular weight excluding hydrogens is 805 g/mol. The summed E-state index contributed by atoms with van der Waals surface area (Å²) in [5, 5.41) is 0. The number of ether oxygens (including phenoxy) is 3. The number of carbonyl (C=O) groups excluding carboxylic acids is 3. The van der Waals surface area contributed by atoms with Gasteiger partial charge in [-0.3, -0.25) is 14.4 Å². The molecule has 0 amide bonds. The van der Waals surface area contributed by atoms with E-state index in [2.05, 4.69) is 45.1 Å². The number of hydrogen-bond donors (Lipinski definition) is 0. The van der Waals surface area contributed by atoms with Gasteiger partial charge in [0.15, 0.2) is 6.10 Å². The van der Waals surface area contributed by atoms with E-state index < -0.39 is 6.10 Å². The molecule has 0 unspecified atom stereocenters. The second-order valence-corrected chi connectivity index (χ2v) is 19.6. The summed E-state index contributed by atoms with van der Waals surface area (Å²) in [7, 11) is 0. The van der Waals surface area contributed by atoms with E-state index in [1.807, 2.05) is 0 Å². The van der Waals surface area contributed by atoms with Gasteiger partial charge in [0.25, 0.3) is 0 Å². The van der Waals surface area contributed by atoms with Crippen LogP contribution in [0.5, 0.6) is 0 Å². The van der Waals surface area contributed by atoms with Crippen LogP contribution in [-0.4, -0.2) is 37.2 Å². The first-order valence-electron chi connectivity index (χ1n) is 28.8. The van der Waals surface area contributed by atoms with Crippen molar-refractivity contribution in [2.24, 2.45) is 0 Å². The molecule has 0 rings (SSSR count). The van der Waals surface area contributed by atoms with Crippen molar-refractivity contribution >= 4 is 17.9 Å². The van der Waals surface area contributed by atoms with E-state index in [0.29, 0.717) is 19.3 Å². The van der Waals surface area contributed by atoms with Crippen LogP contribution in [0.15, 0.2) is 24.3 Å². The molecule has 0 bridgehead atoms. The van der Waals surface area contributed by atoms with E-state index in [4.69, 9.17) is 14.2 Å². The Morgan fingerprint density at radius 3 is 0.877 bits per heavy atom. The van der Waals surface area contributed by atoms with Crippen LogP contribution in [0.1, 0.15) is 316 Å². The van der Waals surface area contributed by atoms with Crippen LogP contribution in [0.4, 0.5) is 0 Å². The van der Waals surface area contributed by atoms with Crippen molar-refractivity contribution in [3.8, 4) is 0 Å². The molecular formula is C59H110O6. The average molecular weight is 916 g/mol. The van der Waals surface area contributed by atoms with Gasteiger partial charge < -0.3 is 14.2 Å². The fraction of sp³-hybridized carbons (Fsp3) is 0.881. The monoisotopic (exact) mass is 915 g/mol. The van der Waals surface area contributed by atoms with Crippen molar-refractivity contribution in [1.82, 2.24) is 0 Å². The van der Waals surface area contributed by atoms with Gasteiger partial charge in [-0.15, -0.1) is 0 Å². The van der Waals surface area contributed by atoms with E-state index in [9.17, 15) is 14.4 Å². The van der Waals surface area contributed by atoms with Gasteiger partial charge >= 0.3 is 17.9 Å². The van der Waals surface area contributed by atoms with E-state index in [-0.39, 0.29) is 31.1 Å². The lowest BCUT2D eigenvalue weighted by Gasteiger charge is -2.18. The second kappa shape index (κ2) is 54.5. The molecule has 0 saturated carbocycles. The Balaban J connectivity index is 4.33. The Bertz CT molecular complexity index is 1050. The van der Waals surface area contributed by atoms with Crippen LogP contribution in [0.2, 0.25) is 0 Å². The Labute approximate surface area is 404 Å². The first-order valence-corrected chi connectivity index (χ1v) is 28.8. The molecule has 0 aliphatic carbocycles. The first kappa shape index (κ1) is 62.9. The maximum Gasteiger partial charge on any atom is 0.306 e. The largest absolute Gasteiger partial charge is 0.462 e. The molecule has 0 aromatic heterocycles. The zero-order valence-corrected chi connectivity index (χ0v) is 43.8. The van der Waals surface area contributed by atoms with Crippen LogP contribution >= 0.6 is 0 Å². The smallest absolute Gasteiger partial charge is 0.306 e. The van der Waals surface area contributed by atoms with Gasteiger partial charge in [-0.2, -0.15) is 0 Å². The molecule has 6 heteroatoms. The van der Waals surface area contributed by atoms with Crippen molar-refractivity contribution in [2.75, 3.05) is 13.2 Å². The third kappa shape index (κ3) is 52.7. The summed E-state index contributed by atoms with van der Waals surface area (Å²) in [5.41, 5.74) is 0. The van der Waals surface area contributed by atoms with Gasteiger partial charge in [0, 0.05) is 19.3 Å². The molecule has 1 atom stereocenters. The third-order valence-corrected chi connectivity index (χ3v) is 13.0. The zero-order valence-electron chi connectivity index (χ0n) is 43.8. The molecule has 0 aromatic rings. The summed E-state index contributed by atoms with van der Waals surface area (Å²) in [4.78, 5) is 38.1. The van der Waals surface area contributed by atoms with Gasteiger partial charge in [0.2, 0.25) is 0 Å². The maximum atomic E-state index is 12.8. The molecule has 0 saturated heterocycles. The highest BCUT2D eigenvalue weighted by atomic mass is 16.6. The topological polar surface area (TPSA) is 78.9 Å². The van der Waals surface area contributed by atoms with Crippen LogP contribution in [0, 0.1) is 0 Å². The van der Waals surface area contributed by atoms with Crippen molar-refractivity contribution in [1.29, 1.82) is 0 Å². The Kier molecular flexibility index (Phi) is 52.7. The summed E-state index contributed by atoms with van der Waals surface area (Å²) in [6.07, 6.45) is 63.0. The third-order valence-electron chi connectivity index (χ3n) is 13.0. The Morgan fingerprint density at radius 1 is 0.308 bits per heavy atom. The lowest BCUT2D eigenvalue weighted by Crippen LogP contribution is -2.30. The molecule has 0 fully saturated rings. The van der Waals surface area contributed by atoms with Crippen LogP contribution in [-0.2, 0) is 28.6 Å². The highest BCUT2D eigenvalue weighted by molar-refractivity contribution is 5.71. The molecule has 0 aromatic carbocycles. The minimum absolute atomic E-state index is 0.0681. The summed E-state index contributed by atoms with van der Waals surface area (Å²) in [6.45, 7) is 6.66. The highest BCUT2D eigenvalue weighted by Crippen LogP contribution is 2.17. The Hall–Kier alpha value is -2.11. The minimum atomic E-state index is -0.769. The quantitative estimate of drug-likeness (QED) is 0.0262. The van der Waals surface area contributed by atoms with Crippen molar-refractivity contribution < 1.29 is 28.6 Å². The lowest BCUT2D eigenvalue weighted by molar-refractivity contribution is -0.167. The predicted octanol–water partition coefficient (Wildman–Crippen LogP) is 19.1. The van der Waals surface area contributed by atoms with E-state index >= 15 is 0 Å². The van der Waals surface area contributed by atoms with Gasteiger partial charge in [-0.25, -0.2) is 0 Å². The maximum absolute atomic E-state index is 12.8. The van der Waals surface area contributed by atoms with E-state index in [1.54, 1.807) is 0 Å². The van der Waals surface area contributed by atoms with Gasteiger partial charge in [-0.1, -0.05) is 270 Å². The van der Waals surface area contributed by atoms with Gasteiger partial charge in [0.05, 0.1) is 0 Å². The molecule has 382 valence electrons. The summed E-state index contributed by atoms with van der Waals surface area (Å²) in [6, 6.07) is 0. The van der Waals surface area contributed by atoms with Crippen molar-refractivity contribution in [3.63, 3.8) is 0 Å². The standard InChI is InChI=1S/C59H110O6/c1-4-7-10-13-16-19-22-25-27-29-31-34-37-40-43-46-49-52-58(61)64-55-56(54-63-57(60)51-48-45-42-39-36-33-24-21-18-15-12-9-6-3)65-59(62)53-50-47-44-41-38-35-32-30-28-26-23-20-17-14-11-8-5-2/h16,19,25,27,56H,4-15,17-18,20-24,26,28-55H2,1-3H3/b19-16-,27-25-/t56-/m0/s1. The number of rotatable bonds is 53. The predicted molar refractivity (Wildman–Crippen MR) is 279 cm³/mol. The van der Waals surface area contributed by atoms with Crippen molar-refractivity contribution in [2.45, 2.75) is 322 Å². The van der Waals surface area contributed by atoms with Gasteiger partial charge in [0.1, 0.15) is 13.2 Å². The summed E-state index contributed by atoms with van der Waals surface area (Å²) < 4.78 is 16.9. The molecule has 0 aliphatic heterocycles. The Morgan fingerprint density at radius 2 is 0.554 bits per heavy atom. The molecule has 0 N–H and O–H groups in total.